The Hall–Kier alpha value is 0.1000. The van der Waals surface area contributed by atoms with E-state index in [4.69, 9.17) is 5.73 Å². The first-order chi connectivity index (χ1) is 8.74. The highest BCUT2D eigenvalue weighted by Gasteiger charge is 2.29. The van der Waals surface area contributed by atoms with Gasteiger partial charge in [-0.25, -0.2) is 0 Å². The maximum Gasteiger partial charge on any atom is 0.0300 e. The summed E-state index contributed by atoms with van der Waals surface area (Å²) in [7, 11) is 0. The number of halogens is 1. The van der Waals surface area contributed by atoms with E-state index in [1.165, 1.54) is 47.9 Å². The second-order valence-electron chi connectivity index (χ2n) is 5.42. The summed E-state index contributed by atoms with van der Waals surface area (Å²) >= 11 is 5.30. The van der Waals surface area contributed by atoms with E-state index in [1.54, 1.807) is 11.3 Å². The normalized spacial score (nSPS) is 19.0. The van der Waals surface area contributed by atoms with Crippen molar-refractivity contribution in [3.05, 3.63) is 20.8 Å². The predicted octanol–water partition coefficient (Wildman–Crippen LogP) is 3.90. The lowest BCUT2D eigenvalue weighted by molar-refractivity contribution is 0.181. The molecule has 18 heavy (non-hydrogen) atoms. The highest BCUT2D eigenvalue weighted by Crippen LogP contribution is 2.37. The SMILES string of the molecule is NCC1(CCNCc2cc(Br)cs2)CCCCC1. The number of nitrogens with one attached hydrogen (secondary N) is 1. The first kappa shape index (κ1) is 14.5. The Morgan fingerprint density at radius 2 is 2.11 bits per heavy atom. The van der Waals surface area contributed by atoms with Crippen LogP contribution in [-0.2, 0) is 6.54 Å². The molecule has 2 rings (SSSR count). The standard InChI is InChI=1S/C14H23BrN2S/c15-12-8-13(18-10-12)9-17-7-6-14(11-16)4-2-1-3-5-14/h8,10,17H,1-7,9,11,16H2. The summed E-state index contributed by atoms with van der Waals surface area (Å²) in [6.07, 6.45) is 8.03. The van der Waals surface area contributed by atoms with E-state index < -0.39 is 0 Å². The van der Waals surface area contributed by atoms with Gasteiger partial charge in [0.05, 0.1) is 0 Å². The molecule has 1 fully saturated rings. The average molecular weight is 331 g/mol. The fourth-order valence-corrected chi connectivity index (χ4v) is 4.29. The van der Waals surface area contributed by atoms with Gasteiger partial charge in [0.2, 0.25) is 0 Å². The summed E-state index contributed by atoms with van der Waals surface area (Å²) in [5.74, 6) is 0. The zero-order valence-electron chi connectivity index (χ0n) is 10.9. The summed E-state index contributed by atoms with van der Waals surface area (Å²) in [6, 6.07) is 2.19. The molecule has 1 heterocycles. The summed E-state index contributed by atoms with van der Waals surface area (Å²) < 4.78 is 1.19. The lowest BCUT2D eigenvalue weighted by Gasteiger charge is -2.36. The smallest absolute Gasteiger partial charge is 0.0300 e. The Labute approximate surface area is 122 Å². The van der Waals surface area contributed by atoms with Crippen molar-refractivity contribution >= 4 is 27.3 Å². The van der Waals surface area contributed by atoms with Crippen molar-refractivity contribution in [2.75, 3.05) is 13.1 Å². The van der Waals surface area contributed by atoms with Crippen LogP contribution >= 0.6 is 27.3 Å². The third kappa shape index (κ3) is 4.05. The van der Waals surface area contributed by atoms with Crippen LogP contribution in [0.5, 0.6) is 0 Å². The topological polar surface area (TPSA) is 38.0 Å². The van der Waals surface area contributed by atoms with Gasteiger partial charge >= 0.3 is 0 Å². The molecule has 1 aromatic rings. The predicted molar refractivity (Wildman–Crippen MR) is 82.9 cm³/mol. The van der Waals surface area contributed by atoms with Crippen LogP contribution in [0.4, 0.5) is 0 Å². The minimum Gasteiger partial charge on any atom is -0.330 e. The lowest BCUT2D eigenvalue weighted by atomic mass is 9.72. The molecule has 0 amide bonds. The second-order valence-corrected chi connectivity index (χ2v) is 7.33. The molecule has 0 atom stereocenters. The van der Waals surface area contributed by atoms with Crippen LogP contribution in [-0.4, -0.2) is 13.1 Å². The molecular formula is C14H23BrN2S. The van der Waals surface area contributed by atoms with Crippen molar-refractivity contribution in [2.24, 2.45) is 11.1 Å². The zero-order valence-corrected chi connectivity index (χ0v) is 13.3. The number of thiophene rings is 1. The summed E-state index contributed by atoms with van der Waals surface area (Å²) in [5.41, 5.74) is 6.43. The van der Waals surface area contributed by atoms with Gasteiger partial charge in [-0.15, -0.1) is 11.3 Å². The Balaban J connectivity index is 1.70. The first-order valence-corrected chi connectivity index (χ1v) is 8.55. The molecule has 0 spiro atoms. The first-order valence-electron chi connectivity index (χ1n) is 6.88. The van der Waals surface area contributed by atoms with Gasteiger partial charge in [0.1, 0.15) is 0 Å². The third-order valence-electron chi connectivity index (χ3n) is 4.10. The van der Waals surface area contributed by atoms with Crippen molar-refractivity contribution in [1.29, 1.82) is 0 Å². The van der Waals surface area contributed by atoms with Crippen molar-refractivity contribution < 1.29 is 0 Å². The Morgan fingerprint density at radius 3 is 2.72 bits per heavy atom. The van der Waals surface area contributed by atoms with E-state index in [9.17, 15) is 0 Å². The summed E-state index contributed by atoms with van der Waals surface area (Å²) in [6.45, 7) is 2.93. The van der Waals surface area contributed by atoms with E-state index in [2.05, 4.69) is 32.7 Å². The highest BCUT2D eigenvalue weighted by molar-refractivity contribution is 9.10. The van der Waals surface area contributed by atoms with Gasteiger partial charge in [0.15, 0.2) is 0 Å². The minimum absolute atomic E-state index is 0.432. The van der Waals surface area contributed by atoms with Gasteiger partial charge in [-0.3, -0.25) is 0 Å². The maximum absolute atomic E-state index is 6.00. The molecule has 4 heteroatoms. The molecule has 102 valence electrons. The highest BCUT2D eigenvalue weighted by atomic mass is 79.9. The van der Waals surface area contributed by atoms with E-state index in [0.717, 1.165) is 19.6 Å². The van der Waals surface area contributed by atoms with Crippen molar-refractivity contribution in [3.63, 3.8) is 0 Å². The fraction of sp³-hybridized carbons (Fsp3) is 0.714. The maximum atomic E-state index is 6.00. The van der Waals surface area contributed by atoms with Gasteiger partial charge in [-0.1, -0.05) is 19.3 Å². The van der Waals surface area contributed by atoms with Crippen molar-refractivity contribution in [3.8, 4) is 0 Å². The van der Waals surface area contributed by atoms with Gasteiger partial charge in [0.25, 0.3) is 0 Å². The van der Waals surface area contributed by atoms with Gasteiger partial charge in [-0.05, 0) is 59.8 Å². The molecular weight excluding hydrogens is 308 g/mol. The lowest BCUT2D eigenvalue weighted by Crippen LogP contribution is -2.35. The monoisotopic (exact) mass is 330 g/mol. The summed E-state index contributed by atoms with van der Waals surface area (Å²) in [5, 5.41) is 5.69. The third-order valence-corrected chi connectivity index (χ3v) is 5.80. The molecule has 1 aromatic heterocycles. The van der Waals surface area contributed by atoms with Crippen LogP contribution in [0.3, 0.4) is 0 Å². The molecule has 1 aliphatic rings. The number of rotatable bonds is 6. The molecule has 0 bridgehead atoms. The number of hydrogen-bond acceptors (Lipinski definition) is 3. The van der Waals surface area contributed by atoms with E-state index in [1.807, 2.05) is 0 Å². The van der Waals surface area contributed by atoms with Crippen molar-refractivity contribution in [2.45, 2.75) is 45.1 Å². The Bertz CT molecular complexity index is 358. The van der Waals surface area contributed by atoms with Gasteiger partial charge < -0.3 is 11.1 Å². The van der Waals surface area contributed by atoms with Crippen LogP contribution in [0.25, 0.3) is 0 Å². The van der Waals surface area contributed by atoms with Crippen LogP contribution in [0.2, 0.25) is 0 Å². The van der Waals surface area contributed by atoms with Crippen LogP contribution in [0.15, 0.2) is 15.9 Å². The van der Waals surface area contributed by atoms with Crippen LogP contribution < -0.4 is 11.1 Å². The molecule has 1 aliphatic carbocycles. The zero-order chi connectivity index (χ0) is 12.8. The van der Waals surface area contributed by atoms with Gasteiger partial charge in [-0.2, -0.15) is 0 Å². The molecule has 0 radical (unpaired) electrons. The van der Waals surface area contributed by atoms with Crippen LogP contribution in [0, 0.1) is 5.41 Å². The molecule has 1 saturated carbocycles. The Morgan fingerprint density at radius 1 is 1.33 bits per heavy atom. The molecule has 0 saturated heterocycles. The largest absolute Gasteiger partial charge is 0.330 e. The number of hydrogen-bond donors (Lipinski definition) is 2. The average Bonchev–Trinajstić information content (AvgIpc) is 2.82. The fourth-order valence-electron chi connectivity index (χ4n) is 2.87. The molecule has 0 aliphatic heterocycles. The number of nitrogens with two attached hydrogens (primary N) is 1. The second kappa shape index (κ2) is 7.04. The molecule has 3 N–H and O–H groups in total. The van der Waals surface area contributed by atoms with Crippen LogP contribution in [0.1, 0.15) is 43.4 Å². The van der Waals surface area contributed by atoms with Gasteiger partial charge in [0, 0.05) is 21.3 Å². The quantitative estimate of drug-likeness (QED) is 0.776. The molecule has 0 aromatic carbocycles. The minimum atomic E-state index is 0.432. The summed E-state index contributed by atoms with van der Waals surface area (Å²) in [4.78, 5) is 1.40. The Kier molecular flexibility index (Phi) is 5.67. The van der Waals surface area contributed by atoms with E-state index in [0.29, 0.717) is 5.41 Å². The molecule has 0 unspecified atom stereocenters. The van der Waals surface area contributed by atoms with Crippen molar-refractivity contribution in [1.82, 2.24) is 5.32 Å². The molecule has 2 nitrogen and oxygen atoms in total. The van der Waals surface area contributed by atoms with E-state index in [-0.39, 0.29) is 0 Å². The van der Waals surface area contributed by atoms with E-state index >= 15 is 0 Å².